The van der Waals surface area contributed by atoms with E-state index in [1.165, 1.54) is 7.11 Å². The molecule has 0 spiro atoms. The van der Waals surface area contributed by atoms with Crippen molar-refractivity contribution in [1.29, 1.82) is 0 Å². The highest BCUT2D eigenvalue weighted by Crippen LogP contribution is 2.61. The lowest BCUT2D eigenvalue weighted by Crippen LogP contribution is -2.67. The van der Waals surface area contributed by atoms with Gasteiger partial charge in [-0.1, -0.05) is 19.1 Å². The van der Waals surface area contributed by atoms with Crippen LogP contribution >= 0.6 is 0 Å². The molecule has 0 amide bonds. The molecule has 0 aromatic heterocycles. The first-order valence-electron chi connectivity index (χ1n) is 6.41. The van der Waals surface area contributed by atoms with Crippen LogP contribution in [0.4, 0.5) is 0 Å². The monoisotopic (exact) mass is 250 g/mol. The van der Waals surface area contributed by atoms with Gasteiger partial charge in [-0.05, 0) is 12.8 Å². The molecule has 4 nitrogen and oxygen atoms in total. The molecule has 4 aliphatic rings. The largest absolute Gasteiger partial charge is 0.346 e. The molecule has 0 aromatic carbocycles. The molecule has 5 atom stereocenters. The minimum atomic E-state index is -1.30. The highest BCUT2D eigenvalue weighted by molar-refractivity contribution is 6.06. The summed E-state index contributed by atoms with van der Waals surface area (Å²) in [5, 5.41) is 0. The van der Waals surface area contributed by atoms with E-state index >= 15 is 0 Å². The quantitative estimate of drug-likeness (QED) is 0.694. The van der Waals surface area contributed by atoms with E-state index in [2.05, 4.69) is 6.08 Å². The van der Waals surface area contributed by atoms with Crippen molar-refractivity contribution in [3.63, 3.8) is 0 Å². The Bertz CT molecular complexity index is 455. The minimum Gasteiger partial charge on any atom is -0.346 e. The van der Waals surface area contributed by atoms with Gasteiger partial charge < -0.3 is 9.47 Å². The Kier molecular flexibility index (Phi) is 2.35. The molecule has 4 bridgehead atoms. The predicted octanol–water partition coefficient (Wildman–Crippen LogP) is 1.35. The average molecular weight is 250 g/mol. The SMILES string of the molecule is C/C=C/[C@@H]1[C@H]2CO[C@@]3(OC)C(=O)[C@]1(C)CC(=O)[C@@H]23. The number of rotatable bonds is 2. The highest BCUT2D eigenvalue weighted by Gasteiger charge is 2.74. The van der Waals surface area contributed by atoms with Crippen LogP contribution in [0.15, 0.2) is 12.2 Å². The van der Waals surface area contributed by atoms with Gasteiger partial charge in [-0.25, -0.2) is 0 Å². The molecule has 1 saturated heterocycles. The van der Waals surface area contributed by atoms with Crippen molar-refractivity contribution in [3.05, 3.63) is 12.2 Å². The summed E-state index contributed by atoms with van der Waals surface area (Å²) in [5.41, 5.74) is -0.671. The van der Waals surface area contributed by atoms with Gasteiger partial charge in [0.2, 0.25) is 5.79 Å². The summed E-state index contributed by atoms with van der Waals surface area (Å²) in [7, 11) is 1.46. The fourth-order valence-corrected chi connectivity index (χ4v) is 4.19. The number of hydrogen-bond acceptors (Lipinski definition) is 4. The van der Waals surface area contributed by atoms with Crippen molar-refractivity contribution in [1.82, 2.24) is 0 Å². The first kappa shape index (κ1) is 12.1. The third kappa shape index (κ3) is 1.09. The molecule has 1 aliphatic heterocycles. The maximum atomic E-state index is 12.7. The Morgan fingerprint density at radius 1 is 1.44 bits per heavy atom. The van der Waals surface area contributed by atoms with Crippen LogP contribution in [0.2, 0.25) is 0 Å². The van der Waals surface area contributed by atoms with Gasteiger partial charge in [0.1, 0.15) is 5.78 Å². The zero-order valence-corrected chi connectivity index (χ0v) is 10.9. The lowest BCUT2D eigenvalue weighted by molar-refractivity contribution is -0.234. The molecule has 3 aliphatic carbocycles. The summed E-state index contributed by atoms with van der Waals surface area (Å²) in [6.07, 6.45) is 4.33. The summed E-state index contributed by atoms with van der Waals surface area (Å²) >= 11 is 0. The number of carbonyl (C=O) groups excluding carboxylic acids is 2. The number of Topliss-reactive ketones (excluding diaryl/α,β-unsaturated/α-hetero) is 2. The molecule has 0 radical (unpaired) electrons. The Hall–Kier alpha value is -1.00. The summed E-state index contributed by atoms with van der Waals surface area (Å²) in [6, 6.07) is 0. The van der Waals surface area contributed by atoms with Crippen LogP contribution in [0.25, 0.3) is 0 Å². The van der Waals surface area contributed by atoms with Gasteiger partial charge >= 0.3 is 0 Å². The first-order chi connectivity index (χ1) is 8.51. The second kappa shape index (κ2) is 3.52. The van der Waals surface area contributed by atoms with Gasteiger partial charge in [-0.2, -0.15) is 0 Å². The Labute approximate surface area is 106 Å². The van der Waals surface area contributed by atoms with Crippen molar-refractivity contribution in [3.8, 4) is 0 Å². The van der Waals surface area contributed by atoms with E-state index in [9.17, 15) is 9.59 Å². The summed E-state index contributed by atoms with van der Waals surface area (Å²) in [4.78, 5) is 25.0. The number of methoxy groups -OCH3 is 1. The maximum absolute atomic E-state index is 12.7. The second-order valence-corrected chi connectivity index (χ2v) is 5.77. The van der Waals surface area contributed by atoms with Crippen molar-refractivity contribution in [2.45, 2.75) is 26.1 Å². The molecule has 4 rings (SSSR count). The van der Waals surface area contributed by atoms with E-state index in [1.807, 2.05) is 19.9 Å². The van der Waals surface area contributed by atoms with Crippen LogP contribution in [0, 0.1) is 23.2 Å². The van der Waals surface area contributed by atoms with E-state index in [0.29, 0.717) is 13.0 Å². The third-order valence-corrected chi connectivity index (χ3v) is 4.95. The van der Waals surface area contributed by atoms with E-state index in [4.69, 9.17) is 9.47 Å². The third-order valence-electron chi connectivity index (χ3n) is 4.95. The zero-order chi connectivity index (χ0) is 13.1. The van der Waals surface area contributed by atoms with E-state index in [0.717, 1.165) is 0 Å². The molecule has 3 saturated carbocycles. The van der Waals surface area contributed by atoms with Gasteiger partial charge in [0.25, 0.3) is 0 Å². The molecular formula is C14H18O4. The average Bonchev–Trinajstić information content (AvgIpc) is 2.70. The molecule has 4 heteroatoms. The Morgan fingerprint density at radius 2 is 2.17 bits per heavy atom. The van der Waals surface area contributed by atoms with Gasteiger partial charge in [0.05, 0.1) is 12.5 Å². The second-order valence-electron chi connectivity index (χ2n) is 5.77. The molecule has 4 fully saturated rings. The van der Waals surface area contributed by atoms with E-state index in [1.54, 1.807) is 0 Å². The number of fused-ring (bicyclic) bond motifs is 1. The highest BCUT2D eigenvalue weighted by atomic mass is 16.7. The number of hydrogen-bond donors (Lipinski definition) is 0. The van der Waals surface area contributed by atoms with Crippen LogP contribution in [0.1, 0.15) is 20.3 Å². The predicted molar refractivity (Wildman–Crippen MR) is 63.7 cm³/mol. The Morgan fingerprint density at radius 3 is 2.78 bits per heavy atom. The zero-order valence-electron chi connectivity index (χ0n) is 10.9. The maximum Gasteiger partial charge on any atom is 0.239 e. The summed E-state index contributed by atoms with van der Waals surface area (Å²) in [6.45, 7) is 4.25. The van der Waals surface area contributed by atoms with Gasteiger partial charge in [-0.3, -0.25) is 9.59 Å². The standard InChI is InChI=1S/C14H18O4/c1-4-5-9-8-7-18-14(17-3)11(8)10(15)6-13(9,2)12(14)16/h4-5,8-9,11H,6-7H2,1-3H3/b5-4+/t8-,9-,11-,13-,14-/m1/s1. The minimum absolute atomic E-state index is 0.0565. The fraction of sp³-hybridized carbons (Fsp3) is 0.714. The van der Waals surface area contributed by atoms with Gasteiger partial charge in [0, 0.05) is 24.9 Å². The van der Waals surface area contributed by atoms with Gasteiger partial charge in [-0.15, -0.1) is 0 Å². The molecule has 98 valence electrons. The molecular weight excluding hydrogens is 232 g/mol. The molecule has 1 heterocycles. The van der Waals surface area contributed by atoms with Crippen molar-refractivity contribution < 1.29 is 19.1 Å². The van der Waals surface area contributed by atoms with E-state index in [-0.39, 0.29) is 23.4 Å². The number of ketones is 2. The number of carbonyl (C=O) groups is 2. The first-order valence-corrected chi connectivity index (χ1v) is 6.41. The number of allylic oxidation sites excluding steroid dienone is 2. The van der Waals surface area contributed by atoms with Crippen LogP contribution in [-0.2, 0) is 19.1 Å². The summed E-state index contributed by atoms with van der Waals surface area (Å²) in [5.74, 6) is -1.50. The normalized spacial score (nSPS) is 50.5. The molecule has 18 heavy (non-hydrogen) atoms. The Balaban J connectivity index is 2.17. The van der Waals surface area contributed by atoms with Crippen LogP contribution in [-0.4, -0.2) is 31.1 Å². The van der Waals surface area contributed by atoms with Crippen molar-refractivity contribution in [2.75, 3.05) is 13.7 Å². The molecule has 0 N–H and O–H groups in total. The fourth-order valence-electron chi connectivity index (χ4n) is 4.19. The topological polar surface area (TPSA) is 52.6 Å². The van der Waals surface area contributed by atoms with E-state index < -0.39 is 17.1 Å². The summed E-state index contributed by atoms with van der Waals surface area (Å²) < 4.78 is 11.0. The molecule has 0 aromatic rings. The lowest BCUT2D eigenvalue weighted by atomic mass is 9.49. The van der Waals surface area contributed by atoms with Crippen LogP contribution in [0.3, 0.4) is 0 Å². The molecule has 0 unspecified atom stereocenters. The smallest absolute Gasteiger partial charge is 0.239 e. The number of ether oxygens (including phenoxy) is 2. The lowest BCUT2D eigenvalue weighted by Gasteiger charge is -2.53. The van der Waals surface area contributed by atoms with Crippen LogP contribution < -0.4 is 0 Å². The van der Waals surface area contributed by atoms with Crippen molar-refractivity contribution in [2.24, 2.45) is 23.2 Å². The van der Waals surface area contributed by atoms with Crippen molar-refractivity contribution >= 4 is 11.6 Å². The van der Waals surface area contributed by atoms with Gasteiger partial charge in [0.15, 0.2) is 5.78 Å². The van der Waals surface area contributed by atoms with Crippen LogP contribution in [0.5, 0.6) is 0 Å².